The van der Waals surface area contributed by atoms with Crippen LogP contribution in [0.25, 0.3) is 0 Å². The number of carbonyl (C=O) groups is 2. The number of para-hydroxylation sites is 1. The number of likely N-dealkylation sites (N-methyl/N-ethyl adjacent to an activating group) is 1. The van der Waals surface area contributed by atoms with Crippen LogP contribution in [0.2, 0.25) is 0 Å². The Morgan fingerprint density at radius 1 is 1.08 bits per heavy atom. The lowest BCUT2D eigenvalue weighted by atomic mass is 10.2. The molecule has 25 heavy (non-hydrogen) atoms. The van der Waals surface area contributed by atoms with Crippen molar-refractivity contribution in [3.8, 4) is 0 Å². The lowest BCUT2D eigenvalue weighted by Crippen LogP contribution is -2.50. The third-order valence-electron chi connectivity index (χ3n) is 3.92. The monoisotopic (exact) mass is 340 g/mol. The van der Waals surface area contributed by atoms with Crippen LogP contribution in [0.4, 0.5) is 16.2 Å². The summed E-state index contributed by atoms with van der Waals surface area (Å²) in [5, 5.41) is 5.49. The van der Waals surface area contributed by atoms with Crippen LogP contribution in [0.15, 0.2) is 54.6 Å². The van der Waals surface area contributed by atoms with E-state index in [1.165, 1.54) is 0 Å². The Labute approximate surface area is 148 Å². The lowest BCUT2D eigenvalue weighted by molar-refractivity contribution is -0.120. The molecule has 132 valence electrons. The molecule has 0 heterocycles. The molecule has 1 atom stereocenters. The number of nitrogens with one attached hydrogen (secondary N) is 2. The highest BCUT2D eigenvalue weighted by Gasteiger charge is 2.23. The van der Waals surface area contributed by atoms with E-state index in [0.29, 0.717) is 18.7 Å². The van der Waals surface area contributed by atoms with Crippen molar-refractivity contribution in [2.45, 2.75) is 25.9 Å². The molecule has 0 radical (unpaired) electrons. The second-order valence-electron chi connectivity index (χ2n) is 5.76. The van der Waals surface area contributed by atoms with Gasteiger partial charge in [-0.2, -0.15) is 0 Å². The maximum absolute atomic E-state index is 12.6. The molecule has 0 bridgehead atoms. The van der Waals surface area contributed by atoms with Gasteiger partial charge < -0.3 is 21.3 Å². The maximum Gasteiger partial charge on any atom is 0.315 e. The van der Waals surface area contributed by atoms with Gasteiger partial charge in [0.15, 0.2) is 0 Å². The minimum Gasteiger partial charge on any atom is -0.399 e. The van der Waals surface area contributed by atoms with Gasteiger partial charge in [0.1, 0.15) is 6.04 Å². The molecule has 0 aromatic heterocycles. The average Bonchev–Trinajstić information content (AvgIpc) is 2.65. The molecule has 2 aromatic carbocycles. The predicted molar refractivity (Wildman–Crippen MR) is 100 cm³/mol. The summed E-state index contributed by atoms with van der Waals surface area (Å²) in [5.74, 6) is -0.156. The highest BCUT2D eigenvalue weighted by molar-refractivity contribution is 5.98. The second-order valence-corrected chi connectivity index (χ2v) is 5.76. The van der Waals surface area contributed by atoms with E-state index in [9.17, 15) is 9.59 Å². The number of hydrogen-bond acceptors (Lipinski definition) is 3. The van der Waals surface area contributed by atoms with Gasteiger partial charge in [-0.15, -0.1) is 0 Å². The molecule has 0 saturated carbocycles. The van der Waals surface area contributed by atoms with Gasteiger partial charge in [0.2, 0.25) is 5.91 Å². The molecule has 1 unspecified atom stereocenters. The quantitative estimate of drug-likeness (QED) is 0.706. The van der Waals surface area contributed by atoms with Gasteiger partial charge in [-0.05, 0) is 36.2 Å². The molecular weight excluding hydrogens is 316 g/mol. The molecule has 6 nitrogen and oxygen atoms in total. The van der Waals surface area contributed by atoms with Crippen LogP contribution in [-0.2, 0) is 11.3 Å². The van der Waals surface area contributed by atoms with E-state index in [-0.39, 0.29) is 11.9 Å². The van der Waals surface area contributed by atoms with Gasteiger partial charge in [0.05, 0.1) is 0 Å². The van der Waals surface area contributed by atoms with Gasteiger partial charge in [-0.3, -0.25) is 4.79 Å². The van der Waals surface area contributed by atoms with Crippen LogP contribution >= 0.6 is 0 Å². The summed E-state index contributed by atoms with van der Waals surface area (Å²) < 4.78 is 0. The first kappa shape index (κ1) is 18.3. The lowest BCUT2D eigenvalue weighted by Gasteiger charge is -2.24. The summed E-state index contributed by atoms with van der Waals surface area (Å²) in [6.45, 7) is 2.23. The Balaban J connectivity index is 1.90. The van der Waals surface area contributed by atoms with E-state index in [0.717, 1.165) is 11.3 Å². The number of urea groups is 1. The van der Waals surface area contributed by atoms with Crippen molar-refractivity contribution in [1.82, 2.24) is 10.6 Å². The number of hydrogen-bond donors (Lipinski definition) is 3. The van der Waals surface area contributed by atoms with E-state index >= 15 is 0 Å². The fraction of sp³-hybridized carbons (Fsp3) is 0.263. The molecule has 0 saturated heterocycles. The van der Waals surface area contributed by atoms with Crippen molar-refractivity contribution in [1.29, 1.82) is 0 Å². The molecule has 4 N–H and O–H groups in total. The smallest absolute Gasteiger partial charge is 0.315 e. The maximum atomic E-state index is 12.6. The van der Waals surface area contributed by atoms with Gasteiger partial charge in [0, 0.05) is 25.0 Å². The average molecular weight is 340 g/mol. The molecule has 0 spiro atoms. The minimum atomic E-state index is -0.586. The van der Waals surface area contributed by atoms with Crippen LogP contribution in [-0.4, -0.2) is 25.0 Å². The first-order valence-electron chi connectivity index (χ1n) is 8.22. The van der Waals surface area contributed by atoms with Crippen molar-refractivity contribution < 1.29 is 9.59 Å². The Hall–Kier alpha value is -3.02. The SMILES string of the molecule is CCC(NC(=O)NCc1ccc(N)cc1)C(=O)N(C)c1ccccc1. The van der Waals surface area contributed by atoms with Gasteiger partial charge in [-0.1, -0.05) is 37.3 Å². The van der Waals surface area contributed by atoms with Crippen molar-refractivity contribution in [2.24, 2.45) is 0 Å². The van der Waals surface area contributed by atoms with Crippen molar-refractivity contribution in [2.75, 3.05) is 17.7 Å². The van der Waals surface area contributed by atoms with Gasteiger partial charge in [-0.25, -0.2) is 4.79 Å². The standard InChI is InChI=1S/C19H24N4O2/c1-3-17(18(24)23(2)16-7-5-4-6-8-16)22-19(25)21-13-14-9-11-15(20)12-10-14/h4-12,17H,3,13,20H2,1-2H3,(H2,21,22,25). The summed E-state index contributed by atoms with van der Waals surface area (Å²) in [6, 6.07) is 15.6. The first-order valence-corrected chi connectivity index (χ1v) is 8.22. The Morgan fingerprint density at radius 2 is 1.72 bits per heavy atom. The van der Waals surface area contributed by atoms with Crippen molar-refractivity contribution in [3.05, 3.63) is 60.2 Å². The van der Waals surface area contributed by atoms with Crippen LogP contribution in [0, 0.1) is 0 Å². The second kappa shape index (κ2) is 8.73. The number of nitrogen functional groups attached to an aromatic ring is 1. The zero-order valence-corrected chi connectivity index (χ0v) is 14.5. The minimum absolute atomic E-state index is 0.156. The summed E-state index contributed by atoms with van der Waals surface area (Å²) in [7, 11) is 1.70. The molecule has 0 aliphatic heterocycles. The normalized spacial score (nSPS) is 11.4. The summed E-state index contributed by atoms with van der Waals surface area (Å²) in [6.07, 6.45) is 0.505. The molecular formula is C19H24N4O2. The van der Waals surface area contributed by atoms with Gasteiger partial charge in [0.25, 0.3) is 0 Å². The molecule has 0 aliphatic carbocycles. The van der Waals surface area contributed by atoms with Gasteiger partial charge >= 0.3 is 6.03 Å². The zero-order valence-electron chi connectivity index (χ0n) is 14.5. The third kappa shape index (κ3) is 5.24. The van der Waals surface area contributed by atoms with Crippen LogP contribution < -0.4 is 21.3 Å². The van der Waals surface area contributed by atoms with Crippen LogP contribution in [0.3, 0.4) is 0 Å². The number of nitrogens with two attached hydrogens (primary N) is 1. The molecule has 0 aliphatic rings. The summed E-state index contributed by atoms with van der Waals surface area (Å²) >= 11 is 0. The van der Waals surface area contributed by atoms with Crippen molar-refractivity contribution >= 4 is 23.3 Å². The Bertz CT molecular complexity index is 701. The number of carbonyl (C=O) groups excluding carboxylic acids is 2. The molecule has 2 aromatic rings. The number of amides is 3. The van der Waals surface area contributed by atoms with Crippen LogP contribution in [0.1, 0.15) is 18.9 Å². The highest BCUT2D eigenvalue weighted by atomic mass is 16.2. The first-order chi connectivity index (χ1) is 12.0. The van der Waals surface area contributed by atoms with E-state index in [4.69, 9.17) is 5.73 Å². The largest absolute Gasteiger partial charge is 0.399 e. The van der Waals surface area contributed by atoms with E-state index in [2.05, 4.69) is 10.6 Å². The van der Waals surface area contributed by atoms with E-state index in [1.54, 1.807) is 24.1 Å². The predicted octanol–water partition coefficient (Wildman–Crippen LogP) is 2.51. The topological polar surface area (TPSA) is 87.5 Å². The molecule has 0 fully saturated rings. The Morgan fingerprint density at radius 3 is 2.32 bits per heavy atom. The number of nitrogens with zero attached hydrogens (tertiary/aromatic N) is 1. The fourth-order valence-corrected chi connectivity index (χ4v) is 2.38. The molecule has 2 rings (SSSR count). The van der Waals surface area contributed by atoms with Crippen LogP contribution in [0.5, 0.6) is 0 Å². The summed E-state index contributed by atoms with van der Waals surface area (Å²) in [4.78, 5) is 26.2. The summed E-state index contributed by atoms with van der Waals surface area (Å²) in [5.41, 5.74) is 8.03. The van der Waals surface area contributed by atoms with E-state index in [1.807, 2.05) is 49.4 Å². The van der Waals surface area contributed by atoms with E-state index < -0.39 is 6.04 Å². The van der Waals surface area contributed by atoms with Crippen molar-refractivity contribution in [3.63, 3.8) is 0 Å². The number of rotatable bonds is 6. The third-order valence-corrected chi connectivity index (χ3v) is 3.92. The number of anilines is 2. The number of benzene rings is 2. The molecule has 3 amide bonds. The Kier molecular flexibility index (Phi) is 6.39. The fourth-order valence-electron chi connectivity index (χ4n) is 2.38. The zero-order chi connectivity index (χ0) is 18.2. The molecule has 6 heteroatoms. The highest BCUT2D eigenvalue weighted by Crippen LogP contribution is 2.13.